The first kappa shape index (κ1) is 25.7. The zero-order valence-corrected chi connectivity index (χ0v) is 20.9. The summed E-state index contributed by atoms with van der Waals surface area (Å²) < 4.78 is 11.5. The zero-order chi connectivity index (χ0) is 25.8. The first-order chi connectivity index (χ1) is 17.3. The minimum atomic E-state index is -1.04. The van der Waals surface area contributed by atoms with E-state index in [1.807, 2.05) is 62.4 Å². The molecule has 0 spiro atoms. The number of amides is 2. The van der Waals surface area contributed by atoms with Crippen molar-refractivity contribution in [1.29, 1.82) is 0 Å². The van der Waals surface area contributed by atoms with Crippen LogP contribution in [0.15, 0.2) is 60.2 Å². The number of methoxy groups -OCH3 is 1. The number of para-hydroxylation sites is 1. The molecular formula is C28H34N2O6. The van der Waals surface area contributed by atoms with Gasteiger partial charge in [-0.05, 0) is 36.3 Å². The number of aliphatic hydroxyl groups excluding tert-OH is 2. The molecule has 1 aliphatic carbocycles. The molecule has 2 aromatic carbocycles. The lowest BCUT2D eigenvalue weighted by Gasteiger charge is -2.41. The Balaban J connectivity index is 1.70. The van der Waals surface area contributed by atoms with E-state index in [2.05, 4.69) is 5.32 Å². The molecule has 0 saturated heterocycles. The molecule has 3 N–H and O–H groups in total. The number of nitrogens with one attached hydrogen (secondary N) is 1. The Morgan fingerprint density at radius 3 is 2.67 bits per heavy atom. The third-order valence-electron chi connectivity index (χ3n) is 6.79. The molecule has 2 aliphatic rings. The number of carbonyl (C=O) groups excluding carboxylic acids is 2. The first-order valence-electron chi connectivity index (χ1n) is 12.3. The van der Waals surface area contributed by atoms with Crippen LogP contribution in [0.3, 0.4) is 0 Å². The summed E-state index contributed by atoms with van der Waals surface area (Å²) in [7, 11) is 1.61. The van der Waals surface area contributed by atoms with Crippen molar-refractivity contribution in [3.8, 4) is 11.5 Å². The molecule has 36 heavy (non-hydrogen) atoms. The van der Waals surface area contributed by atoms with E-state index in [0.29, 0.717) is 24.3 Å². The number of hydrogen-bond acceptors (Lipinski definition) is 6. The molecule has 4 unspecified atom stereocenters. The summed E-state index contributed by atoms with van der Waals surface area (Å²) in [5.74, 6) is 0.103. The van der Waals surface area contributed by atoms with E-state index in [-0.39, 0.29) is 30.9 Å². The molecule has 8 nitrogen and oxygen atoms in total. The SMILES string of the molecule is COc1cccc(CCN(C(=O)C(C)C)C2C=C(C(=O)NCCO)C3c4ccccc4OC3C2O)c1. The molecule has 0 aromatic heterocycles. The highest BCUT2D eigenvalue weighted by Crippen LogP contribution is 2.47. The van der Waals surface area contributed by atoms with Gasteiger partial charge >= 0.3 is 0 Å². The molecule has 0 fully saturated rings. The Bertz CT molecular complexity index is 1130. The lowest BCUT2D eigenvalue weighted by Crippen LogP contribution is -2.56. The molecule has 2 aromatic rings. The monoisotopic (exact) mass is 494 g/mol. The van der Waals surface area contributed by atoms with Crippen LogP contribution in [0, 0.1) is 5.92 Å². The van der Waals surface area contributed by atoms with Gasteiger partial charge in [0, 0.05) is 30.1 Å². The maximum atomic E-state index is 13.4. The molecule has 4 rings (SSSR count). The molecule has 2 amide bonds. The molecule has 8 heteroatoms. The average Bonchev–Trinajstić information content (AvgIpc) is 3.28. The Kier molecular flexibility index (Phi) is 7.96. The summed E-state index contributed by atoms with van der Waals surface area (Å²) in [6.07, 6.45) is 0.500. The van der Waals surface area contributed by atoms with Gasteiger partial charge in [0.25, 0.3) is 0 Å². The maximum Gasteiger partial charge on any atom is 0.247 e. The fourth-order valence-corrected chi connectivity index (χ4v) is 5.01. The van der Waals surface area contributed by atoms with Gasteiger partial charge < -0.3 is 29.9 Å². The quantitative estimate of drug-likeness (QED) is 0.493. The van der Waals surface area contributed by atoms with E-state index >= 15 is 0 Å². The van der Waals surface area contributed by atoms with Crippen molar-refractivity contribution in [2.45, 2.75) is 44.4 Å². The van der Waals surface area contributed by atoms with Crippen LogP contribution < -0.4 is 14.8 Å². The molecule has 0 saturated carbocycles. The van der Waals surface area contributed by atoms with Gasteiger partial charge in [-0.2, -0.15) is 0 Å². The van der Waals surface area contributed by atoms with E-state index in [4.69, 9.17) is 9.47 Å². The highest BCUT2D eigenvalue weighted by molar-refractivity contribution is 5.96. The third kappa shape index (κ3) is 5.10. The third-order valence-corrected chi connectivity index (χ3v) is 6.79. The van der Waals surface area contributed by atoms with Crippen LogP contribution in [0.5, 0.6) is 11.5 Å². The molecule has 0 bridgehead atoms. The van der Waals surface area contributed by atoms with E-state index in [1.165, 1.54) is 0 Å². The molecule has 0 radical (unpaired) electrons. The lowest BCUT2D eigenvalue weighted by molar-refractivity contribution is -0.140. The van der Waals surface area contributed by atoms with Crippen molar-refractivity contribution in [1.82, 2.24) is 10.2 Å². The molecule has 192 valence electrons. The molecule has 1 aliphatic heterocycles. The average molecular weight is 495 g/mol. The van der Waals surface area contributed by atoms with E-state index in [9.17, 15) is 19.8 Å². The Morgan fingerprint density at radius 1 is 1.17 bits per heavy atom. The Morgan fingerprint density at radius 2 is 1.94 bits per heavy atom. The Hall–Kier alpha value is -3.36. The van der Waals surface area contributed by atoms with Crippen LogP contribution in [0.4, 0.5) is 0 Å². The molecular weight excluding hydrogens is 460 g/mol. The predicted octanol–water partition coefficient (Wildman–Crippen LogP) is 2.05. The van der Waals surface area contributed by atoms with Gasteiger partial charge in [-0.3, -0.25) is 9.59 Å². The van der Waals surface area contributed by atoms with Crippen molar-refractivity contribution in [3.63, 3.8) is 0 Å². The predicted molar refractivity (Wildman–Crippen MR) is 135 cm³/mol. The number of ether oxygens (including phenoxy) is 2. The van der Waals surface area contributed by atoms with Crippen molar-refractivity contribution in [2.75, 3.05) is 26.8 Å². The van der Waals surface area contributed by atoms with Gasteiger partial charge in [0.1, 0.15) is 23.7 Å². The summed E-state index contributed by atoms with van der Waals surface area (Å²) in [6.45, 7) is 3.90. The summed E-state index contributed by atoms with van der Waals surface area (Å²) in [4.78, 5) is 28.2. The smallest absolute Gasteiger partial charge is 0.247 e. The topological polar surface area (TPSA) is 108 Å². The van der Waals surface area contributed by atoms with Crippen LogP contribution in [-0.2, 0) is 16.0 Å². The molecule has 1 heterocycles. The summed E-state index contributed by atoms with van der Waals surface area (Å²) in [5, 5.41) is 23.5. The van der Waals surface area contributed by atoms with Crippen molar-refractivity contribution in [3.05, 3.63) is 71.3 Å². The number of fused-ring (bicyclic) bond motifs is 3. The number of aliphatic hydroxyl groups is 2. The number of benzene rings is 2. The molecule has 4 atom stereocenters. The first-order valence-corrected chi connectivity index (χ1v) is 12.3. The van der Waals surface area contributed by atoms with Gasteiger partial charge in [-0.1, -0.05) is 44.2 Å². The largest absolute Gasteiger partial charge is 0.497 e. The van der Waals surface area contributed by atoms with Crippen LogP contribution in [0.25, 0.3) is 0 Å². The second-order valence-corrected chi connectivity index (χ2v) is 9.47. The number of carbonyl (C=O) groups is 2. The number of rotatable bonds is 9. The zero-order valence-electron chi connectivity index (χ0n) is 20.9. The van der Waals surface area contributed by atoms with Crippen LogP contribution in [0.1, 0.15) is 30.9 Å². The summed E-state index contributed by atoms with van der Waals surface area (Å²) >= 11 is 0. The second-order valence-electron chi connectivity index (χ2n) is 9.47. The van der Waals surface area contributed by atoms with Crippen molar-refractivity contribution >= 4 is 11.8 Å². The normalized spacial score (nSPS) is 22.2. The van der Waals surface area contributed by atoms with Crippen molar-refractivity contribution in [2.24, 2.45) is 5.92 Å². The minimum absolute atomic E-state index is 0.105. The van der Waals surface area contributed by atoms with Gasteiger partial charge in [0.05, 0.1) is 25.7 Å². The van der Waals surface area contributed by atoms with Gasteiger partial charge in [0.2, 0.25) is 11.8 Å². The minimum Gasteiger partial charge on any atom is -0.497 e. The lowest BCUT2D eigenvalue weighted by atomic mass is 9.77. The van der Waals surface area contributed by atoms with E-state index in [1.54, 1.807) is 18.1 Å². The Labute approximate surface area is 211 Å². The van der Waals surface area contributed by atoms with E-state index in [0.717, 1.165) is 16.9 Å². The van der Waals surface area contributed by atoms with Gasteiger partial charge in [-0.15, -0.1) is 0 Å². The number of nitrogens with zero attached hydrogens (tertiary/aromatic N) is 1. The fraction of sp³-hybridized carbons (Fsp3) is 0.429. The summed E-state index contributed by atoms with van der Waals surface area (Å²) in [6, 6.07) is 14.3. The summed E-state index contributed by atoms with van der Waals surface area (Å²) in [5.41, 5.74) is 2.24. The van der Waals surface area contributed by atoms with Crippen LogP contribution in [-0.4, -0.2) is 72.0 Å². The van der Waals surface area contributed by atoms with E-state index < -0.39 is 24.2 Å². The fourth-order valence-electron chi connectivity index (χ4n) is 5.01. The number of hydrogen-bond donors (Lipinski definition) is 3. The highest BCUT2D eigenvalue weighted by atomic mass is 16.5. The van der Waals surface area contributed by atoms with Crippen LogP contribution in [0.2, 0.25) is 0 Å². The van der Waals surface area contributed by atoms with Crippen molar-refractivity contribution < 1.29 is 29.3 Å². The maximum absolute atomic E-state index is 13.4. The van der Waals surface area contributed by atoms with Gasteiger partial charge in [0.15, 0.2) is 0 Å². The van der Waals surface area contributed by atoms with Gasteiger partial charge in [-0.25, -0.2) is 0 Å². The highest BCUT2D eigenvalue weighted by Gasteiger charge is 2.50. The van der Waals surface area contributed by atoms with Crippen LogP contribution >= 0.6 is 0 Å². The second kappa shape index (κ2) is 11.1. The standard InChI is InChI=1S/C28H34N2O6/c1-17(2)28(34)30(13-11-18-7-6-8-19(15-18)35-3)22-16-21(27(33)29-12-14-31)24-20-9-4-5-10-23(20)36-26(24)25(22)32/h4-10,15-17,22,24-26,31-32H,11-14H2,1-3H3,(H,29,33).